The first-order valence-corrected chi connectivity index (χ1v) is 10.2. The first-order valence-electron chi connectivity index (χ1n) is 9.28. The molecule has 0 bridgehead atoms. The first kappa shape index (κ1) is 18.9. The number of aliphatic hydroxyl groups is 1. The van der Waals surface area contributed by atoms with E-state index in [1.807, 2.05) is 5.38 Å². The topological polar surface area (TPSA) is 64.3 Å². The smallest absolute Gasteiger partial charge is 0.259 e. The van der Waals surface area contributed by atoms with Gasteiger partial charge in [-0.05, 0) is 42.0 Å². The number of aryl methyl sites for hydroxylation is 1. The van der Waals surface area contributed by atoms with Gasteiger partial charge in [-0.3, -0.25) is 9.78 Å². The zero-order valence-corrected chi connectivity index (χ0v) is 16.7. The number of nitrogens with zero attached hydrogens (tertiary/aromatic N) is 2. The van der Waals surface area contributed by atoms with Crippen molar-refractivity contribution in [2.24, 2.45) is 7.05 Å². The first-order chi connectivity index (χ1) is 14.4. The molecule has 3 heterocycles. The van der Waals surface area contributed by atoms with E-state index >= 15 is 0 Å². The molecule has 0 saturated heterocycles. The van der Waals surface area contributed by atoms with Gasteiger partial charge in [0.05, 0.1) is 23.4 Å². The van der Waals surface area contributed by atoms with Gasteiger partial charge in [0.15, 0.2) is 11.6 Å². The summed E-state index contributed by atoms with van der Waals surface area (Å²) in [5, 5.41) is 13.0. The molecule has 4 aromatic rings. The van der Waals surface area contributed by atoms with E-state index in [0.29, 0.717) is 34.9 Å². The summed E-state index contributed by atoms with van der Waals surface area (Å²) in [5.41, 5.74) is 0.861. The molecule has 0 aliphatic heterocycles. The molecule has 0 spiro atoms. The number of hydrogen-bond acceptors (Lipinski definition) is 5. The minimum atomic E-state index is -0.924. The number of thiophene rings is 1. The summed E-state index contributed by atoms with van der Waals surface area (Å²) >= 11 is 1.39. The van der Waals surface area contributed by atoms with Crippen LogP contribution >= 0.6 is 11.3 Å². The van der Waals surface area contributed by atoms with E-state index in [1.54, 1.807) is 37.5 Å². The van der Waals surface area contributed by atoms with Gasteiger partial charge in [-0.1, -0.05) is 6.07 Å². The lowest BCUT2D eigenvalue weighted by atomic mass is 9.99. The molecule has 3 aromatic heterocycles. The average molecular weight is 426 g/mol. The molecule has 1 N–H and O–H groups in total. The van der Waals surface area contributed by atoms with E-state index in [2.05, 4.69) is 4.98 Å². The summed E-state index contributed by atoms with van der Waals surface area (Å²) in [5.74, 6) is -2.20. The highest BCUT2D eigenvalue weighted by molar-refractivity contribution is 7.17. The second-order valence-corrected chi connectivity index (χ2v) is 8.32. The maximum absolute atomic E-state index is 14.2. The summed E-state index contributed by atoms with van der Waals surface area (Å²) < 4.78 is 36.2. The highest BCUT2D eigenvalue weighted by Crippen LogP contribution is 2.48. The molecule has 5 rings (SSSR count). The van der Waals surface area contributed by atoms with Crippen LogP contribution in [0.2, 0.25) is 0 Å². The van der Waals surface area contributed by atoms with Crippen LogP contribution in [0, 0.1) is 11.6 Å². The third-order valence-electron chi connectivity index (χ3n) is 5.34. The van der Waals surface area contributed by atoms with Crippen LogP contribution in [0.5, 0.6) is 11.5 Å². The SMILES string of the molecule is Cn1cc(-c2cc(C3(O)CC3)ccc2Oc2c(F)cncc2F)c2sccc2c1=O. The largest absolute Gasteiger partial charge is 0.450 e. The molecule has 1 aliphatic carbocycles. The molecular weight excluding hydrogens is 410 g/mol. The zero-order valence-electron chi connectivity index (χ0n) is 15.9. The number of pyridine rings is 2. The van der Waals surface area contributed by atoms with Crippen molar-refractivity contribution in [2.45, 2.75) is 18.4 Å². The Balaban J connectivity index is 1.75. The standard InChI is InChI=1S/C22H16F2N2O3S/c1-26-11-15(20-13(21(26)27)4-7-30-20)14-8-12(22(28)5-6-22)2-3-18(14)29-19-16(23)9-25-10-17(19)24/h2-4,7-11,28H,5-6H2,1H3. The Bertz CT molecular complexity index is 1340. The lowest BCUT2D eigenvalue weighted by molar-refractivity contribution is 0.151. The van der Waals surface area contributed by atoms with Crippen LogP contribution in [-0.2, 0) is 12.6 Å². The van der Waals surface area contributed by atoms with Crippen molar-refractivity contribution in [1.29, 1.82) is 0 Å². The van der Waals surface area contributed by atoms with Crippen molar-refractivity contribution in [1.82, 2.24) is 9.55 Å². The van der Waals surface area contributed by atoms with E-state index < -0.39 is 23.0 Å². The van der Waals surface area contributed by atoms with Crippen molar-refractivity contribution in [3.8, 4) is 22.6 Å². The zero-order chi connectivity index (χ0) is 21.0. The molecule has 1 saturated carbocycles. The highest BCUT2D eigenvalue weighted by Gasteiger charge is 2.42. The average Bonchev–Trinajstić information content (AvgIpc) is 3.28. The van der Waals surface area contributed by atoms with E-state index in [1.165, 1.54) is 15.9 Å². The second-order valence-electron chi connectivity index (χ2n) is 7.40. The maximum atomic E-state index is 14.2. The predicted molar refractivity (Wildman–Crippen MR) is 110 cm³/mol. The van der Waals surface area contributed by atoms with Crippen LogP contribution in [0.25, 0.3) is 21.2 Å². The Morgan fingerprint density at radius 1 is 1.17 bits per heavy atom. The van der Waals surface area contributed by atoms with Gasteiger partial charge in [0.25, 0.3) is 5.56 Å². The monoisotopic (exact) mass is 426 g/mol. The fourth-order valence-corrected chi connectivity index (χ4v) is 4.42. The van der Waals surface area contributed by atoms with E-state index in [9.17, 15) is 18.7 Å². The molecule has 0 unspecified atom stereocenters. The summed E-state index contributed by atoms with van der Waals surface area (Å²) in [7, 11) is 1.64. The molecular formula is C22H16F2N2O3S. The Morgan fingerprint density at radius 2 is 1.90 bits per heavy atom. The number of hydrogen-bond donors (Lipinski definition) is 1. The minimum absolute atomic E-state index is 0.138. The molecule has 8 heteroatoms. The third-order valence-corrected chi connectivity index (χ3v) is 6.28. The van der Waals surface area contributed by atoms with E-state index in [-0.39, 0.29) is 11.3 Å². The molecule has 5 nitrogen and oxygen atoms in total. The summed E-state index contributed by atoms with van der Waals surface area (Å²) in [4.78, 5) is 15.9. The highest BCUT2D eigenvalue weighted by atomic mass is 32.1. The summed E-state index contributed by atoms with van der Waals surface area (Å²) in [6.07, 6.45) is 4.71. The number of ether oxygens (including phenoxy) is 1. The Labute approximate surface area is 173 Å². The quantitative estimate of drug-likeness (QED) is 0.513. The van der Waals surface area contributed by atoms with Crippen LogP contribution in [0.1, 0.15) is 18.4 Å². The normalized spacial score (nSPS) is 14.8. The van der Waals surface area contributed by atoms with E-state index in [0.717, 1.165) is 17.1 Å². The maximum Gasteiger partial charge on any atom is 0.259 e. The number of halogens is 2. The number of rotatable bonds is 4. The molecule has 30 heavy (non-hydrogen) atoms. The molecule has 1 fully saturated rings. The van der Waals surface area contributed by atoms with E-state index in [4.69, 9.17) is 4.74 Å². The summed E-state index contributed by atoms with van der Waals surface area (Å²) in [6.45, 7) is 0. The van der Waals surface area contributed by atoms with Gasteiger partial charge >= 0.3 is 0 Å². The summed E-state index contributed by atoms with van der Waals surface area (Å²) in [6, 6.07) is 6.78. The van der Waals surface area contributed by atoms with Crippen LogP contribution < -0.4 is 10.3 Å². The molecule has 1 aromatic carbocycles. The molecule has 0 radical (unpaired) electrons. The van der Waals surface area contributed by atoms with Crippen molar-refractivity contribution >= 4 is 21.4 Å². The Kier molecular flexibility index (Phi) is 4.23. The van der Waals surface area contributed by atoms with Gasteiger partial charge in [-0.2, -0.15) is 0 Å². The number of aromatic nitrogens is 2. The molecule has 152 valence electrons. The van der Waals surface area contributed by atoms with Crippen molar-refractivity contribution in [2.75, 3.05) is 0 Å². The predicted octanol–water partition coefficient (Wildman–Crippen LogP) is 4.71. The van der Waals surface area contributed by atoms with Crippen molar-refractivity contribution in [3.05, 3.63) is 75.8 Å². The van der Waals surface area contributed by atoms with Gasteiger partial charge in [-0.25, -0.2) is 8.78 Å². The lowest BCUT2D eigenvalue weighted by Gasteiger charge is -2.17. The van der Waals surface area contributed by atoms with Crippen LogP contribution in [-0.4, -0.2) is 14.7 Å². The molecule has 0 atom stereocenters. The van der Waals surface area contributed by atoms with Gasteiger partial charge in [0.1, 0.15) is 5.75 Å². The third kappa shape index (κ3) is 3.00. The second kappa shape index (κ2) is 6.72. The Morgan fingerprint density at radius 3 is 2.60 bits per heavy atom. The molecule has 0 amide bonds. The van der Waals surface area contributed by atoms with Crippen LogP contribution in [0.4, 0.5) is 8.78 Å². The van der Waals surface area contributed by atoms with Crippen LogP contribution in [0.15, 0.2) is 53.0 Å². The van der Waals surface area contributed by atoms with Crippen molar-refractivity contribution < 1.29 is 18.6 Å². The minimum Gasteiger partial charge on any atom is -0.450 e. The Hall–Kier alpha value is -3.10. The van der Waals surface area contributed by atoms with Gasteiger partial charge in [-0.15, -0.1) is 11.3 Å². The number of benzene rings is 1. The van der Waals surface area contributed by atoms with Crippen molar-refractivity contribution in [3.63, 3.8) is 0 Å². The molecule has 1 aliphatic rings. The fraction of sp³-hybridized carbons (Fsp3) is 0.182. The fourth-order valence-electron chi connectivity index (χ4n) is 3.51. The van der Waals surface area contributed by atoms with Crippen LogP contribution in [0.3, 0.4) is 0 Å². The lowest BCUT2D eigenvalue weighted by Crippen LogP contribution is -2.15. The number of fused-ring (bicyclic) bond motifs is 1. The van der Waals surface area contributed by atoms with Gasteiger partial charge in [0, 0.05) is 29.1 Å². The van der Waals surface area contributed by atoms with Gasteiger partial charge < -0.3 is 14.4 Å². The van der Waals surface area contributed by atoms with Gasteiger partial charge in [0.2, 0.25) is 5.75 Å².